The number of fused-ring (bicyclic) bond motifs is 1. The summed E-state index contributed by atoms with van der Waals surface area (Å²) >= 11 is 0. The van der Waals surface area contributed by atoms with E-state index in [2.05, 4.69) is 25.6 Å². The number of carbonyl (C=O) groups is 1. The lowest BCUT2D eigenvalue weighted by Gasteiger charge is -2.12. The van der Waals surface area contributed by atoms with Crippen LogP contribution in [0.1, 0.15) is 12.6 Å². The fourth-order valence-electron chi connectivity index (χ4n) is 3.06. The predicted octanol–water partition coefficient (Wildman–Crippen LogP) is 4.54. The minimum atomic E-state index is -2.97. The van der Waals surface area contributed by atoms with E-state index < -0.39 is 18.5 Å². The number of aryl methyl sites for hydroxylation is 1. The van der Waals surface area contributed by atoms with Gasteiger partial charge in [-0.3, -0.25) is 14.4 Å². The normalized spacial score (nSPS) is 11.5. The Balaban J connectivity index is 1.57. The third kappa shape index (κ3) is 4.82. The third-order valence-electron chi connectivity index (χ3n) is 4.57. The Morgan fingerprint density at radius 3 is 2.65 bits per heavy atom. The van der Waals surface area contributed by atoms with Crippen molar-refractivity contribution in [3.63, 3.8) is 0 Å². The molecular weight excluding hydrogens is 402 g/mol. The molecule has 4 aromatic rings. The molecule has 7 nitrogen and oxygen atoms in total. The maximum absolute atomic E-state index is 12.9. The lowest BCUT2D eigenvalue weighted by atomic mass is 10.1. The molecule has 9 heteroatoms. The minimum absolute atomic E-state index is 0.482. The van der Waals surface area contributed by atoms with Crippen molar-refractivity contribution in [2.24, 2.45) is 0 Å². The van der Waals surface area contributed by atoms with Crippen LogP contribution >= 0.6 is 0 Å². The van der Waals surface area contributed by atoms with Crippen molar-refractivity contribution in [2.45, 2.75) is 19.8 Å². The third-order valence-corrected chi connectivity index (χ3v) is 4.57. The van der Waals surface area contributed by atoms with Crippen LogP contribution in [0.5, 0.6) is 0 Å². The van der Waals surface area contributed by atoms with Crippen molar-refractivity contribution in [1.29, 1.82) is 0 Å². The number of hydrogen-bond donors (Lipinski definition) is 2. The summed E-state index contributed by atoms with van der Waals surface area (Å²) in [5, 5.41) is 4.72. The number of nitrogens with zero attached hydrogens (tertiary/aromatic N) is 4. The standard InChI is InChI=1S/C22H20F2N6O/c1-14-10-26-18(11-25-14)15-6-7-30-19(12-27-20(30)9-15)16-4-3-5-17(8-16)29-21(31)28-13-22(2,23)24/h3-12H,13H2,1-2H3,(H2,28,29,31). The number of hydrogen-bond acceptors (Lipinski definition) is 4. The Labute approximate surface area is 177 Å². The van der Waals surface area contributed by atoms with Crippen LogP contribution in [0.25, 0.3) is 28.2 Å². The Morgan fingerprint density at radius 1 is 1.06 bits per heavy atom. The van der Waals surface area contributed by atoms with Crippen molar-refractivity contribution in [3.05, 3.63) is 66.9 Å². The number of carbonyl (C=O) groups excluding carboxylic acids is 1. The largest absolute Gasteiger partial charge is 0.332 e. The van der Waals surface area contributed by atoms with E-state index in [9.17, 15) is 13.6 Å². The number of alkyl halides is 2. The smallest absolute Gasteiger partial charge is 0.319 e. The summed E-state index contributed by atoms with van der Waals surface area (Å²) in [6.45, 7) is 1.89. The molecule has 1 aromatic carbocycles. The molecule has 3 aromatic heterocycles. The van der Waals surface area contributed by atoms with Gasteiger partial charge in [0.1, 0.15) is 5.65 Å². The second-order valence-corrected chi connectivity index (χ2v) is 7.29. The van der Waals surface area contributed by atoms with Crippen LogP contribution in [-0.4, -0.2) is 37.9 Å². The Bertz CT molecular complexity index is 1230. The predicted molar refractivity (Wildman–Crippen MR) is 114 cm³/mol. The number of urea groups is 1. The monoisotopic (exact) mass is 422 g/mol. The lowest BCUT2D eigenvalue weighted by Crippen LogP contribution is -2.37. The first-order valence-corrected chi connectivity index (χ1v) is 9.58. The van der Waals surface area contributed by atoms with Gasteiger partial charge in [0.15, 0.2) is 0 Å². The zero-order valence-corrected chi connectivity index (χ0v) is 16.9. The number of benzene rings is 1. The summed E-state index contributed by atoms with van der Waals surface area (Å²) in [5.74, 6) is -2.97. The summed E-state index contributed by atoms with van der Waals surface area (Å²) in [6, 6.07) is 10.3. The van der Waals surface area contributed by atoms with Gasteiger partial charge in [0.05, 0.1) is 36.0 Å². The van der Waals surface area contributed by atoms with Gasteiger partial charge in [-0.2, -0.15) is 0 Å². The van der Waals surface area contributed by atoms with E-state index in [1.54, 1.807) is 36.8 Å². The maximum atomic E-state index is 12.9. The number of anilines is 1. The summed E-state index contributed by atoms with van der Waals surface area (Å²) < 4.78 is 27.7. The SMILES string of the molecule is Cc1cnc(-c2ccn3c(-c4cccc(NC(=O)NCC(C)(F)F)c4)cnc3c2)cn1. The van der Waals surface area contributed by atoms with Gasteiger partial charge >= 0.3 is 6.03 Å². The molecule has 0 aliphatic carbocycles. The summed E-state index contributed by atoms with van der Waals surface area (Å²) in [5.41, 5.74) is 5.35. The van der Waals surface area contributed by atoms with Crippen LogP contribution < -0.4 is 10.6 Å². The Hall–Kier alpha value is -3.88. The average molecular weight is 422 g/mol. The van der Waals surface area contributed by atoms with E-state index in [1.165, 1.54) is 0 Å². The quantitative estimate of drug-likeness (QED) is 0.494. The molecular formula is C22H20F2N6O. The average Bonchev–Trinajstić information content (AvgIpc) is 3.16. The van der Waals surface area contributed by atoms with Crippen molar-refractivity contribution >= 4 is 17.4 Å². The molecule has 0 bridgehead atoms. The van der Waals surface area contributed by atoms with Crippen LogP contribution in [0.15, 0.2) is 61.2 Å². The molecule has 0 saturated heterocycles. The number of halogens is 2. The first kappa shape index (κ1) is 20.4. The van der Waals surface area contributed by atoms with Gasteiger partial charge in [0.2, 0.25) is 0 Å². The highest BCUT2D eigenvalue weighted by Gasteiger charge is 2.21. The highest BCUT2D eigenvalue weighted by molar-refractivity contribution is 5.90. The fraction of sp³-hybridized carbons (Fsp3) is 0.182. The lowest BCUT2D eigenvalue weighted by molar-refractivity contribution is 0.0257. The summed E-state index contributed by atoms with van der Waals surface area (Å²) in [7, 11) is 0. The van der Waals surface area contributed by atoms with Gasteiger partial charge in [0.25, 0.3) is 5.92 Å². The van der Waals surface area contributed by atoms with Crippen molar-refractivity contribution in [1.82, 2.24) is 24.7 Å². The Kier molecular flexibility index (Phi) is 5.33. The van der Waals surface area contributed by atoms with Crippen molar-refractivity contribution in [3.8, 4) is 22.5 Å². The maximum Gasteiger partial charge on any atom is 0.319 e. The molecule has 31 heavy (non-hydrogen) atoms. The van der Waals surface area contributed by atoms with Gasteiger partial charge in [0, 0.05) is 36.1 Å². The van der Waals surface area contributed by atoms with Crippen molar-refractivity contribution < 1.29 is 13.6 Å². The molecule has 2 amide bonds. The number of amides is 2. The number of aromatic nitrogens is 4. The van der Waals surface area contributed by atoms with E-state index in [0.29, 0.717) is 5.69 Å². The molecule has 0 spiro atoms. The minimum Gasteiger partial charge on any atom is -0.332 e. The number of rotatable bonds is 5. The molecule has 0 fully saturated rings. The number of imidazole rings is 1. The molecule has 0 aliphatic rings. The fourth-order valence-corrected chi connectivity index (χ4v) is 3.06. The molecule has 0 unspecified atom stereocenters. The molecule has 4 rings (SSSR count). The topological polar surface area (TPSA) is 84.2 Å². The van der Waals surface area contributed by atoms with E-state index >= 15 is 0 Å². The van der Waals surface area contributed by atoms with Crippen molar-refractivity contribution in [2.75, 3.05) is 11.9 Å². The molecule has 0 aliphatic heterocycles. The van der Waals surface area contributed by atoms with Crippen LogP contribution in [0.2, 0.25) is 0 Å². The highest BCUT2D eigenvalue weighted by atomic mass is 19.3. The van der Waals surface area contributed by atoms with E-state index in [4.69, 9.17) is 0 Å². The zero-order chi connectivity index (χ0) is 22.0. The first-order chi connectivity index (χ1) is 14.8. The summed E-state index contributed by atoms with van der Waals surface area (Å²) in [6.07, 6.45) is 7.06. The van der Waals surface area contributed by atoms with Gasteiger partial charge < -0.3 is 10.6 Å². The van der Waals surface area contributed by atoms with E-state index in [1.807, 2.05) is 35.7 Å². The number of nitrogens with one attached hydrogen (secondary N) is 2. The molecule has 0 radical (unpaired) electrons. The molecule has 0 saturated carbocycles. The second-order valence-electron chi connectivity index (χ2n) is 7.29. The van der Waals surface area contributed by atoms with Gasteiger partial charge in [-0.15, -0.1) is 0 Å². The Morgan fingerprint density at radius 2 is 1.90 bits per heavy atom. The second kappa shape index (κ2) is 8.10. The van der Waals surface area contributed by atoms with Crippen LogP contribution in [0, 0.1) is 6.92 Å². The molecule has 2 N–H and O–H groups in total. The highest BCUT2D eigenvalue weighted by Crippen LogP contribution is 2.26. The van der Waals surface area contributed by atoms with E-state index in [-0.39, 0.29) is 0 Å². The van der Waals surface area contributed by atoms with Crippen LogP contribution in [0.3, 0.4) is 0 Å². The molecule has 158 valence electrons. The summed E-state index contributed by atoms with van der Waals surface area (Å²) in [4.78, 5) is 25.0. The van der Waals surface area contributed by atoms with E-state index in [0.717, 1.165) is 40.8 Å². The van der Waals surface area contributed by atoms with Gasteiger partial charge in [-0.05, 0) is 31.2 Å². The van der Waals surface area contributed by atoms with Gasteiger partial charge in [-0.25, -0.2) is 18.6 Å². The number of pyridine rings is 1. The van der Waals surface area contributed by atoms with Crippen LogP contribution in [-0.2, 0) is 0 Å². The van der Waals surface area contributed by atoms with Gasteiger partial charge in [-0.1, -0.05) is 12.1 Å². The molecule has 3 heterocycles. The first-order valence-electron chi connectivity index (χ1n) is 9.58. The zero-order valence-electron chi connectivity index (χ0n) is 16.9. The van der Waals surface area contributed by atoms with Crippen LogP contribution in [0.4, 0.5) is 19.3 Å². The molecule has 0 atom stereocenters.